The van der Waals surface area contributed by atoms with Crippen molar-refractivity contribution >= 4 is 23.3 Å². The Morgan fingerprint density at radius 3 is 2.76 bits per heavy atom. The molecule has 0 saturated heterocycles. The number of para-hydroxylation sites is 1. The lowest BCUT2D eigenvalue weighted by atomic mass is 10.1. The van der Waals surface area contributed by atoms with Crippen LogP contribution < -0.4 is 0 Å². The fourth-order valence-electron chi connectivity index (χ4n) is 2.54. The largest absolute Gasteiger partial charge is 0.328 e. The van der Waals surface area contributed by atoms with Gasteiger partial charge in [-0.25, -0.2) is 8.78 Å². The number of hydrogen-bond donors (Lipinski definition) is 1. The zero-order valence-electron chi connectivity index (χ0n) is 11.5. The Labute approximate surface area is 126 Å². The van der Waals surface area contributed by atoms with Crippen LogP contribution in [0.3, 0.4) is 0 Å². The Morgan fingerprint density at radius 2 is 2.00 bits per heavy atom. The van der Waals surface area contributed by atoms with E-state index in [2.05, 4.69) is 4.98 Å². The smallest absolute Gasteiger partial charge is 0.178 e. The quantitative estimate of drug-likeness (QED) is 0.705. The first-order valence-corrected chi connectivity index (χ1v) is 7.09. The fourth-order valence-corrected chi connectivity index (χ4v) is 2.83. The Kier molecular flexibility index (Phi) is 3.59. The summed E-state index contributed by atoms with van der Waals surface area (Å²) in [7, 11) is 0. The zero-order valence-corrected chi connectivity index (χ0v) is 12.3. The van der Waals surface area contributed by atoms with Gasteiger partial charge in [0.25, 0.3) is 0 Å². The summed E-state index contributed by atoms with van der Waals surface area (Å²) in [6.45, 7) is 2.50. The van der Waals surface area contributed by atoms with Crippen LogP contribution in [0.1, 0.15) is 11.1 Å². The number of nitrogens with one attached hydrogen (secondary N) is 1. The van der Waals surface area contributed by atoms with Crippen LogP contribution in [-0.4, -0.2) is 9.55 Å². The van der Waals surface area contributed by atoms with Crippen LogP contribution in [0.5, 0.6) is 0 Å². The molecule has 3 aromatic rings. The Hall–Kier alpha value is -2.01. The van der Waals surface area contributed by atoms with Gasteiger partial charge in [-0.05, 0) is 61.0 Å². The predicted octanol–water partition coefficient (Wildman–Crippen LogP) is 4.53. The number of imidazole rings is 1. The van der Waals surface area contributed by atoms with Crippen molar-refractivity contribution in [3.05, 3.63) is 63.9 Å². The zero-order chi connectivity index (χ0) is 15.0. The molecule has 0 saturated carbocycles. The minimum absolute atomic E-state index is 0.234. The topological polar surface area (TPSA) is 20.7 Å². The summed E-state index contributed by atoms with van der Waals surface area (Å²) >= 11 is 5.26. The monoisotopic (exact) mass is 304 g/mol. The van der Waals surface area contributed by atoms with Gasteiger partial charge in [0.2, 0.25) is 0 Å². The van der Waals surface area contributed by atoms with E-state index in [-0.39, 0.29) is 11.6 Å². The van der Waals surface area contributed by atoms with Crippen LogP contribution in [0.15, 0.2) is 36.4 Å². The molecule has 0 bridgehead atoms. The number of aryl methyl sites for hydroxylation is 3. The summed E-state index contributed by atoms with van der Waals surface area (Å²) in [5.41, 5.74) is 3.15. The molecule has 0 amide bonds. The minimum atomic E-state index is -0.310. The fraction of sp³-hybridized carbons (Fsp3) is 0.188. The second kappa shape index (κ2) is 5.41. The Bertz CT molecular complexity index is 864. The number of aromatic nitrogens is 2. The highest BCUT2D eigenvalue weighted by Gasteiger charge is 2.08. The number of hydrogen-bond acceptors (Lipinski definition) is 1. The van der Waals surface area contributed by atoms with E-state index in [1.807, 2.05) is 17.6 Å². The maximum Gasteiger partial charge on any atom is 0.178 e. The summed E-state index contributed by atoms with van der Waals surface area (Å²) in [6, 6.07) is 9.66. The number of nitrogens with zero attached hydrogens (tertiary/aromatic N) is 1. The molecule has 3 rings (SSSR count). The molecule has 2 nitrogen and oxygen atoms in total. The molecule has 0 atom stereocenters. The van der Waals surface area contributed by atoms with E-state index in [0.717, 1.165) is 16.6 Å². The highest BCUT2D eigenvalue weighted by molar-refractivity contribution is 7.71. The number of benzene rings is 2. The van der Waals surface area contributed by atoms with E-state index < -0.39 is 0 Å². The van der Waals surface area contributed by atoms with Crippen LogP contribution in [0.2, 0.25) is 0 Å². The average molecular weight is 304 g/mol. The van der Waals surface area contributed by atoms with Crippen molar-refractivity contribution in [3.8, 4) is 0 Å². The summed E-state index contributed by atoms with van der Waals surface area (Å²) in [4.78, 5) is 2.90. The molecule has 0 fully saturated rings. The highest BCUT2D eigenvalue weighted by atomic mass is 32.1. The molecule has 0 radical (unpaired) electrons. The molecule has 2 aromatic carbocycles. The number of H-pyrrole nitrogens is 1. The normalized spacial score (nSPS) is 11.2. The van der Waals surface area contributed by atoms with E-state index in [1.165, 1.54) is 18.2 Å². The third-order valence-corrected chi connectivity index (χ3v) is 3.99. The van der Waals surface area contributed by atoms with Gasteiger partial charge < -0.3 is 9.55 Å². The van der Waals surface area contributed by atoms with Crippen molar-refractivity contribution in [3.63, 3.8) is 0 Å². The van der Waals surface area contributed by atoms with Crippen LogP contribution in [0, 0.1) is 23.3 Å². The number of rotatable bonds is 3. The van der Waals surface area contributed by atoms with Crippen molar-refractivity contribution in [2.75, 3.05) is 0 Å². The van der Waals surface area contributed by atoms with Gasteiger partial charge in [-0.15, -0.1) is 0 Å². The lowest BCUT2D eigenvalue weighted by Crippen LogP contribution is -2.03. The predicted molar refractivity (Wildman–Crippen MR) is 81.9 cm³/mol. The van der Waals surface area contributed by atoms with Crippen molar-refractivity contribution in [1.29, 1.82) is 0 Å². The van der Waals surface area contributed by atoms with Crippen LogP contribution in [0.4, 0.5) is 8.78 Å². The van der Waals surface area contributed by atoms with Crippen LogP contribution in [0.25, 0.3) is 11.0 Å². The first-order valence-electron chi connectivity index (χ1n) is 6.68. The third kappa shape index (κ3) is 2.61. The van der Waals surface area contributed by atoms with E-state index in [0.29, 0.717) is 23.3 Å². The van der Waals surface area contributed by atoms with Gasteiger partial charge in [-0.2, -0.15) is 0 Å². The Morgan fingerprint density at radius 1 is 1.19 bits per heavy atom. The molecule has 0 aliphatic rings. The number of fused-ring (bicyclic) bond motifs is 1. The summed E-state index contributed by atoms with van der Waals surface area (Å²) < 4.78 is 29.2. The first-order chi connectivity index (χ1) is 10.1. The van der Waals surface area contributed by atoms with E-state index in [1.54, 1.807) is 12.1 Å². The van der Waals surface area contributed by atoms with Crippen LogP contribution >= 0.6 is 12.2 Å². The molecule has 0 aliphatic heterocycles. The molecule has 0 spiro atoms. The molecular formula is C16H14F2N2S. The molecule has 0 unspecified atom stereocenters. The molecule has 1 aromatic heterocycles. The summed E-state index contributed by atoms with van der Waals surface area (Å²) in [6.07, 6.45) is 0.712. The molecular weight excluding hydrogens is 290 g/mol. The maximum absolute atomic E-state index is 13.7. The van der Waals surface area contributed by atoms with Gasteiger partial charge in [0.15, 0.2) is 4.77 Å². The van der Waals surface area contributed by atoms with Crippen molar-refractivity contribution in [1.82, 2.24) is 9.55 Å². The Balaban J connectivity index is 1.94. The van der Waals surface area contributed by atoms with Crippen LogP contribution in [-0.2, 0) is 13.0 Å². The van der Waals surface area contributed by atoms with Gasteiger partial charge in [0, 0.05) is 6.54 Å². The standard InChI is InChI=1S/C16H14F2N2S/c1-10-9-12(17)6-5-11(10)7-8-20-14-4-2-3-13(18)15(14)19-16(20)21/h2-6,9H,7-8H2,1H3,(H,19,21). The lowest BCUT2D eigenvalue weighted by molar-refractivity contribution is 0.624. The summed E-state index contributed by atoms with van der Waals surface area (Å²) in [5, 5.41) is 0. The van der Waals surface area contributed by atoms with Crippen molar-refractivity contribution in [2.45, 2.75) is 19.9 Å². The molecule has 21 heavy (non-hydrogen) atoms. The van der Waals surface area contributed by atoms with Gasteiger partial charge in [-0.3, -0.25) is 0 Å². The van der Waals surface area contributed by atoms with E-state index in [4.69, 9.17) is 12.2 Å². The number of aromatic amines is 1. The average Bonchev–Trinajstić information content (AvgIpc) is 2.76. The first kappa shape index (κ1) is 13.9. The molecule has 5 heteroatoms. The van der Waals surface area contributed by atoms with Crippen molar-refractivity contribution < 1.29 is 8.78 Å². The lowest BCUT2D eigenvalue weighted by Gasteiger charge is -2.08. The third-order valence-electron chi connectivity index (χ3n) is 3.67. The second-order valence-corrected chi connectivity index (χ2v) is 5.42. The second-order valence-electron chi connectivity index (χ2n) is 5.04. The van der Waals surface area contributed by atoms with E-state index in [9.17, 15) is 8.78 Å². The SMILES string of the molecule is Cc1cc(F)ccc1CCn1c(=S)[nH]c2c(F)cccc21. The molecule has 1 heterocycles. The highest BCUT2D eigenvalue weighted by Crippen LogP contribution is 2.19. The van der Waals surface area contributed by atoms with E-state index >= 15 is 0 Å². The maximum atomic E-state index is 13.7. The molecule has 0 aliphatic carbocycles. The summed E-state index contributed by atoms with van der Waals surface area (Å²) in [5.74, 6) is -0.544. The van der Waals surface area contributed by atoms with Crippen molar-refractivity contribution in [2.24, 2.45) is 0 Å². The van der Waals surface area contributed by atoms with Gasteiger partial charge in [0.05, 0.1) is 5.52 Å². The molecule has 1 N–H and O–H groups in total. The number of halogens is 2. The molecule has 108 valence electrons. The minimum Gasteiger partial charge on any atom is -0.328 e. The van der Waals surface area contributed by atoms with Gasteiger partial charge >= 0.3 is 0 Å². The van der Waals surface area contributed by atoms with Gasteiger partial charge in [0.1, 0.15) is 17.2 Å². The van der Waals surface area contributed by atoms with Gasteiger partial charge in [-0.1, -0.05) is 12.1 Å².